The average molecular weight is 332 g/mol. The van der Waals surface area contributed by atoms with Crippen LogP contribution in [0.5, 0.6) is 5.75 Å². The summed E-state index contributed by atoms with van der Waals surface area (Å²) in [6.07, 6.45) is 1.59. The Morgan fingerprint density at radius 3 is 2.96 bits per heavy atom. The minimum absolute atomic E-state index is 0.00699. The van der Waals surface area contributed by atoms with Crippen molar-refractivity contribution in [2.45, 2.75) is 18.8 Å². The van der Waals surface area contributed by atoms with Gasteiger partial charge in [-0.3, -0.25) is 9.59 Å². The van der Waals surface area contributed by atoms with Gasteiger partial charge in [-0.25, -0.2) is 0 Å². The number of benzene rings is 1. The zero-order chi connectivity index (χ0) is 17.1. The highest BCUT2D eigenvalue weighted by Gasteiger charge is 2.46. The molecule has 2 atom stereocenters. The molecule has 1 aromatic carbocycles. The summed E-state index contributed by atoms with van der Waals surface area (Å²) in [5.41, 5.74) is 0.996. The molecular weight excluding hydrogens is 308 g/mol. The number of hydrogen-bond acceptors (Lipinski definition) is 4. The number of amides is 2. The maximum atomic E-state index is 12.7. The molecule has 1 aliphatic heterocycles. The first-order valence-electron chi connectivity index (χ1n) is 8.44. The van der Waals surface area contributed by atoms with E-state index in [2.05, 4.69) is 0 Å². The Kier molecular flexibility index (Phi) is 5.04. The van der Waals surface area contributed by atoms with Gasteiger partial charge in [-0.15, -0.1) is 0 Å². The molecule has 130 valence electrons. The van der Waals surface area contributed by atoms with Crippen LogP contribution in [0.15, 0.2) is 24.3 Å². The number of hydrogen-bond donors (Lipinski definition) is 1. The van der Waals surface area contributed by atoms with Crippen molar-refractivity contribution in [1.82, 2.24) is 9.80 Å². The van der Waals surface area contributed by atoms with Crippen LogP contribution >= 0.6 is 0 Å². The van der Waals surface area contributed by atoms with Crippen LogP contribution in [-0.4, -0.2) is 66.6 Å². The van der Waals surface area contributed by atoms with E-state index in [1.807, 2.05) is 6.07 Å². The zero-order valence-corrected chi connectivity index (χ0v) is 14.0. The first-order valence-corrected chi connectivity index (χ1v) is 8.44. The van der Waals surface area contributed by atoms with E-state index < -0.39 is 0 Å². The summed E-state index contributed by atoms with van der Waals surface area (Å²) in [6, 6.07) is 7.09. The quantitative estimate of drug-likeness (QED) is 0.880. The van der Waals surface area contributed by atoms with E-state index in [1.54, 1.807) is 35.1 Å². The minimum atomic E-state index is -0.0647. The SMILES string of the molecule is COCCN1CCCN(C(=O)[C@H]2C[C@@H]2c2cccc(O)c2)CC1=O. The Bertz CT molecular complexity index is 619. The van der Waals surface area contributed by atoms with Crippen molar-refractivity contribution in [3.63, 3.8) is 0 Å². The van der Waals surface area contributed by atoms with Crippen molar-refractivity contribution in [2.24, 2.45) is 5.92 Å². The number of rotatable bonds is 5. The van der Waals surface area contributed by atoms with E-state index in [0.29, 0.717) is 26.2 Å². The molecule has 24 heavy (non-hydrogen) atoms. The Labute approximate surface area is 142 Å². The number of ether oxygens (including phenoxy) is 1. The van der Waals surface area contributed by atoms with E-state index in [-0.39, 0.29) is 35.9 Å². The number of phenols is 1. The van der Waals surface area contributed by atoms with Gasteiger partial charge in [0.05, 0.1) is 13.2 Å². The van der Waals surface area contributed by atoms with E-state index >= 15 is 0 Å². The van der Waals surface area contributed by atoms with Gasteiger partial charge in [0.1, 0.15) is 5.75 Å². The van der Waals surface area contributed by atoms with E-state index in [4.69, 9.17) is 4.74 Å². The van der Waals surface area contributed by atoms with E-state index in [1.165, 1.54) is 0 Å². The molecule has 6 nitrogen and oxygen atoms in total. The van der Waals surface area contributed by atoms with Gasteiger partial charge in [-0.1, -0.05) is 12.1 Å². The second-order valence-corrected chi connectivity index (χ2v) is 6.53. The number of nitrogens with zero attached hydrogens (tertiary/aromatic N) is 2. The number of phenolic OH excluding ortho intramolecular Hbond substituents is 1. The summed E-state index contributed by atoms with van der Waals surface area (Å²) < 4.78 is 5.03. The largest absolute Gasteiger partial charge is 0.508 e. The van der Waals surface area contributed by atoms with Crippen molar-refractivity contribution in [1.29, 1.82) is 0 Å². The van der Waals surface area contributed by atoms with Gasteiger partial charge in [0.25, 0.3) is 0 Å². The molecule has 1 heterocycles. The van der Waals surface area contributed by atoms with Gasteiger partial charge in [0.2, 0.25) is 11.8 Å². The first kappa shape index (κ1) is 16.8. The fourth-order valence-corrected chi connectivity index (χ4v) is 3.37. The van der Waals surface area contributed by atoms with Crippen molar-refractivity contribution >= 4 is 11.8 Å². The lowest BCUT2D eigenvalue weighted by Gasteiger charge is -2.21. The summed E-state index contributed by atoms with van der Waals surface area (Å²) in [5.74, 6) is 0.375. The summed E-state index contributed by atoms with van der Waals surface area (Å²) in [4.78, 5) is 28.5. The highest BCUT2D eigenvalue weighted by Crippen LogP contribution is 2.49. The minimum Gasteiger partial charge on any atom is -0.508 e. The van der Waals surface area contributed by atoms with Crippen LogP contribution in [-0.2, 0) is 14.3 Å². The molecule has 1 aromatic rings. The van der Waals surface area contributed by atoms with Gasteiger partial charge in [0.15, 0.2) is 0 Å². The van der Waals surface area contributed by atoms with Gasteiger partial charge >= 0.3 is 0 Å². The summed E-state index contributed by atoms with van der Waals surface area (Å²) in [7, 11) is 1.62. The molecule has 1 N–H and O–H groups in total. The summed E-state index contributed by atoms with van der Waals surface area (Å²) in [5, 5.41) is 9.58. The Balaban J connectivity index is 1.59. The molecule has 0 spiro atoms. The molecular formula is C18H24N2O4. The van der Waals surface area contributed by atoms with E-state index in [0.717, 1.165) is 18.4 Å². The topological polar surface area (TPSA) is 70.1 Å². The molecule has 6 heteroatoms. The molecule has 0 aromatic heterocycles. The second-order valence-electron chi connectivity index (χ2n) is 6.53. The molecule has 1 saturated heterocycles. The molecule has 3 rings (SSSR count). The van der Waals surface area contributed by atoms with Crippen molar-refractivity contribution in [3.8, 4) is 5.75 Å². The van der Waals surface area contributed by atoms with Gasteiger partial charge in [-0.05, 0) is 36.5 Å². The fourth-order valence-electron chi connectivity index (χ4n) is 3.37. The highest BCUT2D eigenvalue weighted by molar-refractivity contribution is 5.88. The molecule has 1 aliphatic carbocycles. The fraction of sp³-hybridized carbons (Fsp3) is 0.556. The monoisotopic (exact) mass is 332 g/mol. The molecule has 0 radical (unpaired) electrons. The third-order valence-corrected chi connectivity index (χ3v) is 4.82. The third kappa shape index (κ3) is 3.70. The predicted octanol–water partition coefficient (Wildman–Crippen LogP) is 1.20. The second kappa shape index (κ2) is 7.21. The zero-order valence-electron chi connectivity index (χ0n) is 14.0. The van der Waals surface area contributed by atoms with Crippen LogP contribution in [0.4, 0.5) is 0 Å². The summed E-state index contributed by atoms with van der Waals surface area (Å²) >= 11 is 0. The molecule has 0 unspecified atom stereocenters. The molecule has 2 fully saturated rings. The normalized spacial score (nSPS) is 24.0. The van der Waals surface area contributed by atoms with Crippen molar-refractivity contribution in [2.75, 3.05) is 39.9 Å². The van der Waals surface area contributed by atoms with Crippen LogP contribution in [0.1, 0.15) is 24.3 Å². The van der Waals surface area contributed by atoms with Crippen LogP contribution in [0.3, 0.4) is 0 Å². The van der Waals surface area contributed by atoms with Crippen LogP contribution < -0.4 is 0 Å². The summed E-state index contributed by atoms with van der Waals surface area (Å²) in [6.45, 7) is 2.55. The average Bonchev–Trinajstić information content (AvgIpc) is 3.37. The number of carbonyl (C=O) groups excluding carboxylic acids is 2. The lowest BCUT2D eigenvalue weighted by molar-refractivity contribution is -0.139. The molecule has 2 amide bonds. The van der Waals surface area contributed by atoms with Crippen LogP contribution in [0.2, 0.25) is 0 Å². The number of aromatic hydroxyl groups is 1. The molecule has 1 saturated carbocycles. The Morgan fingerprint density at radius 2 is 2.21 bits per heavy atom. The highest BCUT2D eigenvalue weighted by atomic mass is 16.5. The van der Waals surface area contributed by atoms with Crippen molar-refractivity contribution in [3.05, 3.63) is 29.8 Å². The molecule has 2 aliphatic rings. The van der Waals surface area contributed by atoms with Gasteiger partial charge < -0.3 is 19.6 Å². The maximum absolute atomic E-state index is 12.7. The van der Waals surface area contributed by atoms with Crippen LogP contribution in [0.25, 0.3) is 0 Å². The van der Waals surface area contributed by atoms with Gasteiger partial charge in [-0.2, -0.15) is 0 Å². The third-order valence-electron chi connectivity index (χ3n) is 4.82. The van der Waals surface area contributed by atoms with Gasteiger partial charge in [0, 0.05) is 32.7 Å². The van der Waals surface area contributed by atoms with E-state index in [9.17, 15) is 14.7 Å². The Hall–Kier alpha value is -2.08. The first-order chi connectivity index (χ1) is 11.6. The predicted molar refractivity (Wildman–Crippen MR) is 88.6 cm³/mol. The Morgan fingerprint density at radius 1 is 1.38 bits per heavy atom. The lowest BCUT2D eigenvalue weighted by Crippen LogP contribution is -2.41. The standard InChI is InChI=1S/C18H24N2O4/c1-24-9-8-19-6-3-7-20(12-17(19)22)18(23)16-11-15(16)13-4-2-5-14(21)10-13/h2,4-5,10,15-16,21H,3,6-9,11-12H2,1H3/t15-,16+/m1/s1. The lowest BCUT2D eigenvalue weighted by atomic mass is 10.1. The number of methoxy groups -OCH3 is 1. The number of carbonyl (C=O) groups is 2. The van der Waals surface area contributed by atoms with Crippen molar-refractivity contribution < 1.29 is 19.4 Å². The smallest absolute Gasteiger partial charge is 0.242 e. The molecule has 0 bridgehead atoms. The maximum Gasteiger partial charge on any atom is 0.242 e. The van der Waals surface area contributed by atoms with Crippen LogP contribution in [0, 0.1) is 5.92 Å².